The van der Waals surface area contributed by atoms with E-state index in [0.717, 1.165) is 61.3 Å². The molecule has 60 heavy (non-hydrogen) atoms. The highest BCUT2D eigenvalue weighted by molar-refractivity contribution is 6.18. The number of anilines is 3. The molecule has 0 fully saturated rings. The first kappa shape index (κ1) is 35.2. The third-order valence-corrected chi connectivity index (χ3v) is 11.7. The van der Waals surface area contributed by atoms with E-state index in [1.54, 1.807) is 0 Å². The molecule has 0 N–H and O–H groups in total. The number of rotatable bonds is 8. The predicted molar refractivity (Wildman–Crippen MR) is 253 cm³/mol. The van der Waals surface area contributed by atoms with Gasteiger partial charge in [0.05, 0.1) is 0 Å². The summed E-state index contributed by atoms with van der Waals surface area (Å²) in [5, 5.41) is 4.62. The van der Waals surface area contributed by atoms with Gasteiger partial charge in [0.2, 0.25) is 0 Å². The summed E-state index contributed by atoms with van der Waals surface area (Å²) in [5.74, 6) is 0. The molecule has 0 radical (unpaired) electrons. The standard InChI is InChI=1S/C58H39NO/c1-4-12-40(13-5-1)43-20-22-47(23-21-43)57-53-19-11-10-18-49(53)38-55-54-37-30-48(39-56(54)60-58(55)57)46-28-35-52(36-29-46)59(50-31-24-44(25-32-50)41-14-6-2-7-15-41)51-33-26-45(27-34-51)42-16-8-3-9-17-42/h1-39H. The highest BCUT2D eigenvalue weighted by atomic mass is 16.3. The van der Waals surface area contributed by atoms with Crippen molar-refractivity contribution in [1.82, 2.24) is 0 Å². The minimum atomic E-state index is 0.877. The molecule has 0 bridgehead atoms. The van der Waals surface area contributed by atoms with Crippen LogP contribution in [0.3, 0.4) is 0 Å². The van der Waals surface area contributed by atoms with Gasteiger partial charge in [0.15, 0.2) is 0 Å². The van der Waals surface area contributed by atoms with Crippen LogP contribution in [0, 0.1) is 0 Å². The van der Waals surface area contributed by atoms with Gasteiger partial charge in [-0.3, -0.25) is 0 Å². The Bertz CT molecular complexity index is 3160. The maximum Gasteiger partial charge on any atom is 0.143 e. The number of nitrogens with zero attached hydrogens (tertiary/aromatic N) is 1. The van der Waals surface area contributed by atoms with Gasteiger partial charge in [-0.05, 0) is 115 Å². The maximum atomic E-state index is 6.88. The summed E-state index contributed by atoms with van der Waals surface area (Å²) in [6.07, 6.45) is 0. The average Bonchev–Trinajstić information content (AvgIpc) is 3.69. The Morgan fingerprint density at radius 2 is 0.650 bits per heavy atom. The van der Waals surface area contributed by atoms with E-state index >= 15 is 0 Å². The van der Waals surface area contributed by atoms with Crippen LogP contribution in [0.1, 0.15) is 0 Å². The second kappa shape index (κ2) is 15.1. The summed E-state index contributed by atoms with van der Waals surface area (Å²) in [6, 6.07) is 84.6. The SMILES string of the molecule is c1ccc(-c2ccc(-c3c4ccccc4cc4c3oc3cc(-c5ccc(N(c6ccc(-c7ccccc7)cc6)c6ccc(-c7ccccc7)cc6)cc5)ccc34)cc2)cc1. The van der Waals surface area contributed by atoms with E-state index in [9.17, 15) is 0 Å². The van der Waals surface area contributed by atoms with Crippen molar-refractivity contribution in [3.05, 3.63) is 237 Å². The van der Waals surface area contributed by atoms with Crippen molar-refractivity contribution in [3.63, 3.8) is 0 Å². The van der Waals surface area contributed by atoms with Crippen molar-refractivity contribution in [1.29, 1.82) is 0 Å². The quantitative estimate of drug-likeness (QED) is 0.153. The van der Waals surface area contributed by atoms with Gasteiger partial charge < -0.3 is 9.32 Å². The van der Waals surface area contributed by atoms with E-state index in [4.69, 9.17) is 4.42 Å². The zero-order valence-electron chi connectivity index (χ0n) is 32.9. The molecule has 11 rings (SSSR count). The van der Waals surface area contributed by atoms with Crippen LogP contribution in [0.2, 0.25) is 0 Å². The topological polar surface area (TPSA) is 16.4 Å². The van der Waals surface area contributed by atoms with Gasteiger partial charge in [0.1, 0.15) is 11.2 Å². The van der Waals surface area contributed by atoms with Crippen LogP contribution in [0.4, 0.5) is 17.1 Å². The maximum absolute atomic E-state index is 6.88. The Labute approximate surface area is 349 Å². The zero-order valence-corrected chi connectivity index (χ0v) is 32.9. The Morgan fingerprint density at radius 3 is 1.15 bits per heavy atom. The molecule has 0 aliphatic heterocycles. The summed E-state index contributed by atoms with van der Waals surface area (Å²) >= 11 is 0. The van der Waals surface area contributed by atoms with Crippen molar-refractivity contribution >= 4 is 49.8 Å². The normalized spacial score (nSPS) is 11.3. The van der Waals surface area contributed by atoms with E-state index in [2.05, 4.69) is 241 Å². The molecular formula is C58H39NO. The predicted octanol–water partition coefficient (Wildman–Crippen LogP) is 16.5. The van der Waals surface area contributed by atoms with Crippen LogP contribution in [-0.2, 0) is 0 Å². The van der Waals surface area contributed by atoms with Crippen molar-refractivity contribution in [2.75, 3.05) is 4.90 Å². The number of hydrogen-bond donors (Lipinski definition) is 0. The Morgan fingerprint density at radius 1 is 0.267 bits per heavy atom. The second-order valence-corrected chi connectivity index (χ2v) is 15.3. The molecule has 10 aromatic carbocycles. The zero-order chi connectivity index (χ0) is 39.8. The minimum Gasteiger partial charge on any atom is -0.455 e. The largest absolute Gasteiger partial charge is 0.455 e. The number of hydrogen-bond acceptors (Lipinski definition) is 2. The molecular weight excluding hydrogens is 727 g/mol. The first-order valence-corrected chi connectivity index (χ1v) is 20.5. The Balaban J connectivity index is 0.962. The van der Waals surface area contributed by atoms with E-state index in [1.165, 1.54) is 44.2 Å². The van der Waals surface area contributed by atoms with E-state index < -0.39 is 0 Å². The van der Waals surface area contributed by atoms with Crippen molar-refractivity contribution in [2.24, 2.45) is 0 Å². The lowest BCUT2D eigenvalue weighted by molar-refractivity contribution is 0.670. The van der Waals surface area contributed by atoms with Crippen molar-refractivity contribution < 1.29 is 4.42 Å². The second-order valence-electron chi connectivity index (χ2n) is 15.3. The van der Waals surface area contributed by atoms with Gasteiger partial charge in [-0.1, -0.05) is 182 Å². The molecule has 1 heterocycles. The Hall–Kier alpha value is -7.94. The van der Waals surface area contributed by atoms with E-state index in [0.29, 0.717) is 0 Å². The van der Waals surface area contributed by atoms with Gasteiger partial charge >= 0.3 is 0 Å². The molecule has 0 unspecified atom stereocenters. The van der Waals surface area contributed by atoms with Crippen LogP contribution in [0.5, 0.6) is 0 Å². The van der Waals surface area contributed by atoms with Crippen molar-refractivity contribution in [3.8, 4) is 55.6 Å². The average molecular weight is 766 g/mol. The smallest absolute Gasteiger partial charge is 0.143 e. The monoisotopic (exact) mass is 765 g/mol. The summed E-state index contributed by atoms with van der Waals surface area (Å²) in [4.78, 5) is 2.33. The fourth-order valence-electron chi connectivity index (χ4n) is 8.62. The summed E-state index contributed by atoms with van der Waals surface area (Å²) in [6.45, 7) is 0. The molecule has 0 saturated heterocycles. The fourth-order valence-corrected chi connectivity index (χ4v) is 8.62. The molecule has 2 nitrogen and oxygen atoms in total. The first-order chi connectivity index (χ1) is 29.7. The molecule has 0 amide bonds. The van der Waals surface area contributed by atoms with Gasteiger partial charge in [0.25, 0.3) is 0 Å². The molecule has 0 aliphatic rings. The van der Waals surface area contributed by atoms with Crippen LogP contribution >= 0.6 is 0 Å². The summed E-state index contributed by atoms with van der Waals surface area (Å²) in [7, 11) is 0. The van der Waals surface area contributed by atoms with Gasteiger partial charge in [-0.2, -0.15) is 0 Å². The van der Waals surface area contributed by atoms with Gasteiger partial charge in [-0.25, -0.2) is 0 Å². The highest BCUT2D eigenvalue weighted by Crippen LogP contribution is 2.43. The van der Waals surface area contributed by atoms with Gasteiger partial charge in [-0.15, -0.1) is 0 Å². The summed E-state index contributed by atoms with van der Waals surface area (Å²) in [5.41, 5.74) is 16.8. The molecule has 2 heteroatoms. The number of furan rings is 1. The van der Waals surface area contributed by atoms with Crippen LogP contribution < -0.4 is 4.90 Å². The molecule has 0 atom stereocenters. The van der Waals surface area contributed by atoms with Crippen LogP contribution in [0.25, 0.3) is 88.3 Å². The lowest BCUT2D eigenvalue weighted by Crippen LogP contribution is -2.09. The lowest BCUT2D eigenvalue weighted by Gasteiger charge is -2.26. The number of benzene rings is 10. The van der Waals surface area contributed by atoms with Gasteiger partial charge in [0, 0.05) is 33.4 Å². The van der Waals surface area contributed by atoms with E-state index in [1.807, 2.05) is 0 Å². The fraction of sp³-hybridized carbons (Fsp3) is 0. The Kier molecular flexibility index (Phi) is 8.87. The van der Waals surface area contributed by atoms with Crippen LogP contribution in [0.15, 0.2) is 241 Å². The molecule has 11 aromatic rings. The molecule has 0 aliphatic carbocycles. The lowest BCUT2D eigenvalue weighted by atomic mass is 9.93. The van der Waals surface area contributed by atoms with Crippen molar-refractivity contribution in [2.45, 2.75) is 0 Å². The number of fused-ring (bicyclic) bond motifs is 4. The highest BCUT2D eigenvalue weighted by Gasteiger charge is 2.18. The first-order valence-electron chi connectivity index (χ1n) is 20.5. The van der Waals surface area contributed by atoms with E-state index in [-0.39, 0.29) is 0 Å². The molecule has 0 saturated carbocycles. The molecule has 282 valence electrons. The third-order valence-electron chi connectivity index (χ3n) is 11.7. The van der Waals surface area contributed by atoms with Crippen LogP contribution in [-0.4, -0.2) is 0 Å². The summed E-state index contributed by atoms with van der Waals surface area (Å²) < 4.78 is 6.88. The molecule has 1 aromatic heterocycles. The minimum absolute atomic E-state index is 0.877. The third kappa shape index (κ3) is 6.51. The molecule has 0 spiro atoms.